The topological polar surface area (TPSA) is 17.1 Å². The summed E-state index contributed by atoms with van der Waals surface area (Å²) in [5.41, 5.74) is 3.46. The molecular formula is C14H18OS. The lowest BCUT2D eigenvalue weighted by Gasteiger charge is -2.09. The zero-order valence-corrected chi connectivity index (χ0v) is 11.2. The Morgan fingerprint density at radius 1 is 1.50 bits per heavy atom. The van der Waals surface area contributed by atoms with Crippen LogP contribution >= 0.6 is 11.3 Å². The minimum atomic E-state index is 0.264. The van der Waals surface area contributed by atoms with Crippen molar-refractivity contribution in [1.29, 1.82) is 0 Å². The van der Waals surface area contributed by atoms with Crippen LogP contribution in [0.3, 0.4) is 0 Å². The Hall–Kier alpha value is -0.630. The quantitative estimate of drug-likeness (QED) is 0.711. The molecule has 0 radical (unpaired) electrons. The molecule has 86 valence electrons. The van der Waals surface area contributed by atoms with Crippen LogP contribution < -0.4 is 0 Å². The highest BCUT2D eigenvalue weighted by Crippen LogP contribution is 2.71. The molecular weight excluding hydrogens is 216 g/mol. The largest absolute Gasteiger partial charge is 0.294 e. The van der Waals surface area contributed by atoms with E-state index in [4.69, 9.17) is 0 Å². The van der Waals surface area contributed by atoms with Crippen LogP contribution in [0, 0.1) is 11.3 Å². The first-order chi connectivity index (χ1) is 7.48. The number of ketones is 1. The first kappa shape index (κ1) is 10.5. The third-order valence-electron chi connectivity index (χ3n) is 4.55. The Morgan fingerprint density at radius 3 is 2.75 bits per heavy atom. The Bertz CT molecular complexity index is 481. The van der Waals surface area contributed by atoms with Gasteiger partial charge in [0.1, 0.15) is 0 Å². The Kier molecular flexibility index (Phi) is 1.96. The van der Waals surface area contributed by atoms with Gasteiger partial charge in [-0.15, -0.1) is 11.3 Å². The molecule has 2 unspecified atom stereocenters. The van der Waals surface area contributed by atoms with Crippen molar-refractivity contribution in [3.8, 4) is 0 Å². The van der Waals surface area contributed by atoms with Gasteiger partial charge < -0.3 is 0 Å². The van der Waals surface area contributed by atoms with E-state index in [2.05, 4.69) is 20.8 Å². The molecule has 1 heterocycles. The second-order valence-electron chi connectivity index (χ2n) is 5.77. The number of carbonyl (C=O) groups is 1. The van der Waals surface area contributed by atoms with Gasteiger partial charge in [-0.1, -0.05) is 20.8 Å². The summed E-state index contributed by atoms with van der Waals surface area (Å²) in [7, 11) is 0. The van der Waals surface area contributed by atoms with Gasteiger partial charge in [0.05, 0.1) is 4.88 Å². The van der Waals surface area contributed by atoms with Crippen LogP contribution in [-0.2, 0) is 12.8 Å². The number of hydrogen-bond donors (Lipinski definition) is 0. The van der Waals surface area contributed by atoms with Gasteiger partial charge in [-0.25, -0.2) is 0 Å². The predicted molar refractivity (Wildman–Crippen MR) is 67.4 cm³/mol. The first-order valence-corrected chi connectivity index (χ1v) is 6.95. The van der Waals surface area contributed by atoms with Gasteiger partial charge in [-0.2, -0.15) is 0 Å². The van der Waals surface area contributed by atoms with Gasteiger partial charge in [-0.3, -0.25) is 4.79 Å². The normalized spacial score (nSPS) is 28.8. The number of aryl methyl sites for hydroxylation is 1. The zero-order chi connectivity index (χ0) is 11.7. The van der Waals surface area contributed by atoms with E-state index >= 15 is 0 Å². The number of hydrogen-bond acceptors (Lipinski definition) is 2. The third-order valence-corrected chi connectivity index (χ3v) is 6.04. The average Bonchev–Trinajstić information content (AvgIpc) is 2.57. The van der Waals surface area contributed by atoms with Crippen molar-refractivity contribution in [2.24, 2.45) is 11.3 Å². The Labute approximate surface area is 101 Å². The molecule has 0 N–H and O–H groups in total. The molecule has 1 aromatic rings. The van der Waals surface area contributed by atoms with E-state index in [0.717, 1.165) is 29.6 Å². The van der Waals surface area contributed by atoms with Gasteiger partial charge >= 0.3 is 0 Å². The lowest BCUT2D eigenvalue weighted by atomic mass is 9.94. The van der Waals surface area contributed by atoms with Crippen molar-refractivity contribution < 1.29 is 4.79 Å². The Morgan fingerprint density at radius 2 is 2.19 bits per heavy atom. The average molecular weight is 234 g/mol. The summed E-state index contributed by atoms with van der Waals surface area (Å²) in [6.07, 6.45) is 2.23. The number of fused-ring (bicyclic) bond motifs is 3. The highest BCUT2D eigenvalue weighted by molar-refractivity contribution is 7.14. The van der Waals surface area contributed by atoms with E-state index in [1.54, 1.807) is 23.8 Å². The van der Waals surface area contributed by atoms with E-state index in [0.29, 0.717) is 5.41 Å². The molecule has 0 saturated heterocycles. The smallest absolute Gasteiger partial charge is 0.170 e. The van der Waals surface area contributed by atoms with Crippen LogP contribution in [0.25, 0.3) is 0 Å². The summed E-state index contributed by atoms with van der Waals surface area (Å²) in [5.74, 6) is 1.83. The summed E-state index contributed by atoms with van der Waals surface area (Å²) in [6.45, 7) is 8.66. The molecule has 0 amide bonds. The lowest BCUT2D eigenvalue weighted by Crippen LogP contribution is -2.02. The number of thiophene rings is 1. The van der Waals surface area contributed by atoms with Crippen molar-refractivity contribution in [1.82, 2.24) is 0 Å². The summed E-state index contributed by atoms with van der Waals surface area (Å²) in [5, 5.41) is 0. The maximum Gasteiger partial charge on any atom is 0.170 e. The summed E-state index contributed by atoms with van der Waals surface area (Å²) in [6, 6.07) is 0. The first-order valence-electron chi connectivity index (χ1n) is 6.13. The van der Waals surface area contributed by atoms with Crippen LogP contribution in [0.2, 0.25) is 0 Å². The third kappa shape index (κ3) is 1.09. The minimum Gasteiger partial charge on any atom is -0.294 e. The van der Waals surface area contributed by atoms with Crippen LogP contribution in [0.1, 0.15) is 59.3 Å². The number of rotatable bonds is 2. The number of Topliss-reactive ketones (excluding diaryl/α,β-unsaturated/α-hetero) is 1. The molecule has 16 heavy (non-hydrogen) atoms. The minimum absolute atomic E-state index is 0.264. The van der Waals surface area contributed by atoms with Gasteiger partial charge in [0.25, 0.3) is 0 Å². The molecule has 1 aromatic heterocycles. The fourth-order valence-electron chi connectivity index (χ4n) is 3.56. The highest BCUT2D eigenvalue weighted by Gasteiger charge is 2.63. The zero-order valence-electron chi connectivity index (χ0n) is 10.4. The molecule has 2 atom stereocenters. The molecule has 2 heteroatoms. The molecule has 0 spiro atoms. The van der Waals surface area contributed by atoms with Crippen molar-refractivity contribution in [3.63, 3.8) is 0 Å². The summed E-state index contributed by atoms with van der Waals surface area (Å²) in [4.78, 5) is 14.1. The molecule has 1 fully saturated rings. The lowest BCUT2D eigenvalue weighted by molar-refractivity contribution is 0.102. The SMILES string of the molecule is CCc1sc(C(C)=O)c2c1C1C(C2)C1(C)C. The van der Waals surface area contributed by atoms with Crippen molar-refractivity contribution in [2.45, 2.75) is 46.5 Å². The molecule has 0 aromatic carbocycles. The van der Waals surface area contributed by atoms with Crippen molar-refractivity contribution in [2.75, 3.05) is 0 Å². The Balaban J connectivity index is 2.14. The molecule has 1 saturated carbocycles. The predicted octanol–water partition coefficient (Wildman–Crippen LogP) is 3.81. The van der Waals surface area contributed by atoms with Crippen LogP contribution in [0.5, 0.6) is 0 Å². The molecule has 2 aliphatic rings. The van der Waals surface area contributed by atoms with E-state index in [1.165, 1.54) is 10.4 Å². The van der Waals surface area contributed by atoms with E-state index in [1.807, 2.05) is 0 Å². The van der Waals surface area contributed by atoms with Crippen molar-refractivity contribution in [3.05, 3.63) is 20.9 Å². The van der Waals surface area contributed by atoms with Gasteiger partial charge in [0, 0.05) is 4.88 Å². The molecule has 2 aliphatic carbocycles. The van der Waals surface area contributed by atoms with E-state index in [9.17, 15) is 4.79 Å². The van der Waals surface area contributed by atoms with Gasteiger partial charge in [-0.05, 0) is 48.1 Å². The standard InChI is InChI=1S/C14H18OS/c1-5-10-11-8(13(16-10)7(2)15)6-9-12(11)14(9,3)4/h9,12H,5-6H2,1-4H3. The molecule has 3 rings (SSSR count). The fraction of sp³-hybridized carbons (Fsp3) is 0.643. The van der Waals surface area contributed by atoms with E-state index < -0.39 is 0 Å². The van der Waals surface area contributed by atoms with Crippen LogP contribution in [0.4, 0.5) is 0 Å². The van der Waals surface area contributed by atoms with Crippen LogP contribution in [0.15, 0.2) is 0 Å². The molecule has 0 aliphatic heterocycles. The molecule has 0 bridgehead atoms. The second-order valence-corrected chi connectivity index (χ2v) is 6.87. The monoisotopic (exact) mass is 234 g/mol. The maximum absolute atomic E-state index is 11.6. The van der Waals surface area contributed by atoms with Gasteiger partial charge in [0.15, 0.2) is 5.78 Å². The fourth-order valence-corrected chi connectivity index (χ4v) is 4.77. The summed E-state index contributed by atoms with van der Waals surface area (Å²) >= 11 is 1.75. The maximum atomic E-state index is 11.6. The van der Waals surface area contributed by atoms with Crippen LogP contribution in [-0.4, -0.2) is 5.78 Å². The van der Waals surface area contributed by atoms with Crippen molar-refractivity contribution >= 4 is 17.1 Å². The highest BCUT2D eigenvalue weighted by atomic mass is 32.1. The second kappa shape index (κ2) is 2.98. The molecule has 1 nitrogen and oxygen atoms in total. The summed E-state index contributed by atoms with van der Waals surface area (Å²) < 4.78 is 0. The number of carbonyl (C=O) groups excluding carboxylic acids is 1. The van der Waals surface area contributed by atoms with E-state index in [-0.39, 0.29) is 5.78 Å². The van der Waals surface area contributed by atoms with Gasteiger partial charge in [0.2, 0.25) is 0 Å².